The summed E-state index contributed by atoms with van der Waals surface area (Å²) < 4.78 is 13.6. The molecule has 104 valence electrons. The van der Waals surface area contributed by atoms with E-state index in [0.29, 0.717) is 5.82 Å². The lowest BCUT2D eigenvalue weighted by Crippen LogP contribution is -2.26. The molecule has 0 fully saturated rings. The van der Waals surface area contributed by atoms with Gasteiger partial charge in [-0.15, -0.1) is 0 Å². The van der Waals surface area contributed by atoms with Gasteiger partial charge in [-0.05, 0) is 55.6 Å². The molecule has 1 aromatic carbocycles. The number of aryl methyl sites for hydroxylation is 2. The Hall–Kier alpha value is -1.81. The fourth-order valence-electron chi connectivity index (χ4n) is 2.72. The van der Waals surface area contributed by atoms with Crippen LogP contribution >= 0.6 is 0 Å². The fourth-order valence-corrected chi connectivity index (χ4v) is 2.72. The Bertz CT molecular complexity index is 615. The molecule has 20 heavy (non-hydrogen) atoms. The Kier molecular flexibility index (Phi) is 3.49. The van der Waals surface area contributed by atoms with Crippen molar-refractivity contribution in [2.24, 2.45) is 0 Å². The van der Waals surface area contributed by atoms with E-state index in [-0.39, 0.29) is 5.82 Å². The highest BCUT2D eigenvalue weighted by Crippen LogP contribution is 2.23. The Morgan fingerprint density at radius 1 is 1.25 bits per heavy atom. The highest BCUT2D eigenvalue weighted by Gasteiger charge is 2.17. The molecule has 1 aromatic heterocycles. The molecule has 0 unspecified atom stereocenters. The number of hydrogen-bond acceptors (Lipinski definition) is 3. The van der Waals surface area contributed by atoms with Crippen molar-refractivity contribution in [3.8, 4) is 11.4 Å². The van der Waals surface area contributed by atoms with Crippen molar-refractivity contribution in [2.45, 2.75) is 33.2 Å². The summed E-state index contributed by atoms with van der Waals surface area (Å²) in [6, 6.07) is 4.95. The molecule has 0 bridgehead atoms. The molecular formula is C16H18FN3. The van der Waals surface area contributed by atoms with Crippen molar-refractivity contribution in [1.82, 2.24) is 15.3 Å². The van der Waals surface area contributed by atoms with Crippen LogP contribution in [0, 0.1) is 12.7 Å². The van der Waals surface area contributed by atoms with Gasteiger partial charge >= 0.3 is 0 Å². The number of nitrogens with zero attached hydrogens (tertiary/aromatic N) is 2. The smallest absolute Gasteiger partial charge is 0.159 e. The number of aromatic nitrogens is 2. The van der Waals surface area contributed by atoms with Crippen LogP contribution in [-0.2, 0) is 19.4 Å². The van der Waals surface area contributed by atoms with Gasteiger partial charge in [0.1, 0.15) is 5.82 Å². The van der Waals surface area contributed by atoms with Crippen molar-refractivity contribution in [1.29, 1.82) is 0 Å². The summed E-state index contributed by atoms with van der Waals surface area (Å²) in [7, 11) is 0. The zero-order valence-corrected chi connectivity index (χ0v) is 11.8. The predicted molar refractivity (Wildman–Crippen MR) is 77.0 cm³/mol. The van der Waals surface area contributed by atoms with Crippen molar-refractivity contribution in [2.75, 3.05) is 6.54 Å². The summed E-state index contributed by atoms with van der Waals surface area (Å²) in [6.45, 7) is 5.73. The molecule has 0 amide bonds. The lowest BCUT2D eigenvalue weighted by molar-refractivity contribution is 0.616. The van der Waals surface area contributed by atoms with Crippen LogP contribution in [0.2, 0.25) is 0 Å². The lowest BCUT2D eigenvalue weighted by Gasteiger charge is -2.19. The zero-order chi connectivity index (χ0) is 14.1. The molecular weight excluding hydrogens is 253 g/mol. The Morgan fingerprint density at radius 2 is 2.10 bits per heavy atom. The van der Waals surface area contributed by atoms with Gasteiger partial charge in [-0.3, -0.25) is 0 Å². The minimum atomic E-state index is -0.238. The lowest BCUT2D eigenvalue weighted by atomic mass is 10.0. The monoisotopic (exact) mass is 271 g/mol. The van der Waals surface area contributed by atoms with E-state index in [2.05, 4.69) is 22.2 Å². The van der Waals surface area contributed by atoms with Gasteiger partial charge < -0.3 is 5.32 Å². The third kappa shape index (κ3) is 2.43. The van der Waals surface area contributed by atoms with E-state index in [1.165, 1.54) is 17.7 Å². The average molecular weight is 271 g/mol. The number of rotatable bonds is 2. The summed E-state index contributed by atoms with van der Waals surface area (Å²) in [5.74, 6) is 0.393. The average Bonchev–Trinajstić information content (AvgIpc) is 2.45. The Morgan fingerprint density at radius 3 is 2.85 bits per heavy atom. The zero-order valence-electron chi connectivity index (χ0n) is 11.8. The molecule has 0 aliphatic carbocycles. The first-order valence-electron chi connectivity index (χ1n) is 7.04. The first-order valence-corrected chi connectivity index (χ1v) is 7.04. The van der Waals surface area contributed by atoms with Gasteiger partial charge in [-0.2, -0.15) is 0 Å². The normalized spacial score (nSPS) is 14.2. The Labute approximate surface area is 118 Å². The molecule has 1 aliphatic heterocycles. The second kappa shape index (κ2) is 5.29. The van der Waals surface area contributed by atoms with E-state index in [0.717, 1.165) is 48.4 Å². The van der Waals surface area contributed by atoms with Crippen LogP contribution in [0.25, 0.3) is 11.4 Å². The summed E-state index contributed by atoms with van der Waals surface area (Å²) in [5, 5.41) is 3.33. The first kappa shape index (κ1) is 13.2. The van der Waals surface area contributed by atoms with Crippen molar-refractivity contribution in [3.05, 3.63) is 46.5 Å². The van der Waals surface area contributed by atoms with Gasteiger partial charge in [0.2, 0.25) is 0 Å². The highest BCUT2D eigenvalue weighted by molar-refractivity contribution is 5.57. The number of hydrogen-bond donors (Lipinski definition) is 1. The topological polar surface area (TPSA) is 37.8 Å². The molecule has 2 heterocycles. The van der Waals surface area contributed by atoms with Crippen LogP contribution in [0.3, 0.4) is 0 Å². The van der Waals surface area contributed by atoms with E-state index in [9.17, 15) is 4.39 Å². The molecule has 0 spiro atoms. The van der Waals surface area contributed by atoms with Crippen molar-refractivity contribution in [3.63, 3.8) is 0 Å². The SMILES string of the molecule is CCc1nc(-c2cc(C)cc(F)c2)nc2c1CCNC2. The number of nitrogens with one attached hydrogen (secondary N) is 1. The van der Waals surface area contributed by atoms with E-state index >= 15 is 0 Å². The molecule has 0 saturated heterocycles. The summed E-state index contributed by atoms with van der Waals surface area (Å²) in [6.07, 6.45) is 1.85. The predicted octanol–water partition coefficient (Wildman–Crippen LogP) is 2.80. The van der Waals surface area contributed by atoms with E-state index in [4.69, 9.17) is 0 Å². The fraction of sp³-hybridized carbons (Fsp3) is 0.375. The van der Waals surface area contributed by atoms with Gasteiger partial charge in [0.25, 0.3) is 0 Å². The van der Waals surface area contributed by atoms with Gasteiger partial charge in [-0.1, -0.05) is 6.92 Å². The molecule has 1 N–H and O–H groups in total. The molecule has 3 rings (SSSR count). The number of fused-ring (bicyclic) bond motifs is 1. The largest absolute Gasteiger partial charge is 0.311 e. The maximum absolute atomic E-state index is 13.6. The van der Waals surface area contributed by atoms with Gasteiger partial charge in [0.05, 0.1) is 5.69 Å². The highest BCUT2D eigenvalue weighted by atomic mass is 19.1. The molecule has 0 saturated carbocycles. The maximum atomic E-state index is 13.6. The molecule has 0 radical (unpaired) electrons. The van der Waals surface area contributed by atoms with E-state index in [1.807, 2.05) is 13.0 Å². The van der Waals surface area contributed by atoms with E-state index < -0.39 is 0 Å². The van der Waals surface area contributed by atoms with Gasteiger partial charge in [0, 0.05) is 17.8 Å². The third-order valence-corrected chi connectivity index (χ3v) is 3.66. The van der Waals surface area contributed by atoms with Crippen LogP contribution in [0.4, 0.5) is 4.39 Å². The number of benzene rings is 1. The van der Waals surface area contributed by atoms with Crippen molar-refractivity contribution >= 4 is 0 Å². The van der Waals surface area contributed by atoms with Gasteiger partial charge in [0.15, 0.2) is 5.82 Å². The number of halogens is 1. The maximum Gasteiger partial charge on any atom is 0.159 e. The second-order valence-electron chi connectivity index (χ2n) is 5.22. The van der Waals surface area contributed by atoms with Crippen LogP contribution < -0.4 is 5.32 Å². The van der Waals surface area contributed by atoms with Crippen LogP contribution in [0.1, 0.15) is 29.4 Å². The van der Waals surface area contributed by atoms with Crippen LogP contribution in [0.5, 0.6) is 0 Å². The molecule has 2 aromatic rings. The summed E-state index contributed by atoms with van der Waals surface area (Å²) >= 11 is 0. The van der Waals surface area contributed by atoms with Crippen LogP contribution in [0.15, 0.2) is 18.2 Å². The minimum Gasteiger partial charge on any atom is -0.311 e. The van der Waals surface area contributed by atoms with Gasteiger partial charge in [-0.25, -0.2) is 14.4 Å². The molecule has 4 heteroatoms. The molecule has 0 atom stereocenters. The summed E-state index contributed by atoms with van der Waals surface area (Å²) in [4.78, 5) is 9.29. The first-order chi connectivity index (χ1) is 9.67. The summed E-state index contributed by atoms with van der Waals surface area (Å²) in [5.41, 5.74) is 5.06. The van der Waals surface area contributed by atoms with Crippen LogP contribution in [-0.4, -0.2) is 16.5 Å². The molecule has 3 nitrogen and oxygen atoms in total. The van der Waals surface area contributed by atoms with E-state index in [1.54, 1.807) is 0 Å². The minimum absolute atomic E-state index is 0.238. The Balaban J connectivity index is 2.14. The third-order valence-electron chi connectivity index (χ3n) is 3.66. The molecule has 1 aliphatic rings. The quantitative estimate of drug-likeness (QED) is 0.912. The standard InChI is InChI=1S/C16H18FN3/c1-3-14-13-4-5-18-9-15(13)20-16(19-14)11-6-10(2)7-12(17)8-11/h6-8,18H,3-5,9H2,1-2H3. The van der Waals surface area contributed by atoms with Crippen molar-refractivity contribution < 1.29 is 4.39 Å². The second-order valence-corrected chi connectivity index (χ2v) is 5.22.